The van der Waals surface area contributed by atoms with Crippen LogP contribution in [0.2, 0.25) is 0 Å². The van der Waals surface area contributed by atoms with E-state index in [0.29, 0.717) is 0 Å². The minimum absolute atomic E-state index is 0.0676. The van der Waals surface area contributed by atoms with Gasteiger partial charge in [0.1, 0.15) is 13.2 Å². The van der Waals surface area contributed by atoms with E-state index < -0.39 is 0 Å². The van der Waals surface area contributed by atoms with Crippen molar-refractivity contribution in [1.82, 2.24) is 0 Å². The van der Waals surface area contributed by atoms with E-state index in [2.05, 4.69) is 13.0 Å². The van der Waals surface area contributed by atoms with E-state index in [0.717, 1.165) is 6.42 Å². The zero-order chi connectivity index (χ0) is 17.9. The Hall–Kier alpha value is -1.58. The third-order valence-electron chi connectivity index (χ3n) is 3.59. The maximum absolute atomic E-state index is 11.5. The van der Waals surface area contributed by atoms with Gasteiger partial charge in [0.25, 0.3) is 0 Å². The number of ether oxygens (including phenoxy) is 2. The second-order valence-electron chi connectivity index (χ2n) is 5.82. The van der Waals surface area contributed by atoms with Gasteiger partial charge in [-0.05, 0) is 19.8 Å². The van der Waals surface area contributed by atoms with Crippen LogP contribution in [0.5, 0.6) is 0 Å². The molecule has 4 heteroatoms. The average Bonchev–Trinajstić information content (AvgIpc) is 2.58. The summed E-state index contributed by atoms with van der Waals surface area (Å²) in [7, 11) is 0. The fraction of sp³-hybridized carbons (Fsp3) is 0.700. The van der Waals surface area contributed by atoms with Gasteiger partial charge in [0.05, 0.1) is 12.8 Å². The van der Waals surface area contributed by atoms with Gasteiger partial charge in [0.2, 0.25) is 0 Å². The zero-order valence-corrected chi connectivity index (χ0v) is 15.4. The normalized spacial score (nSPS) is 11.2. The van der Waals surface area contributed by atoms with Crippen LogP contribution in [0.15, 0.2) is 24.3 Å². The number of unbranched alkanes of at least 4 members (excludes halogenated alkanes) is 7. The molecule has 0 radical (unpaired) electrons. The smallest absolute Gasteiger partial charge is 0.306 e. The summed E-state index contributed by atoms with van der Waals surface area (Å²) in [4.78, 5) is 22.8. The number of esters is 2. The minimum atomic E-state index is -0.375. The Morgan fingerprint density at radius 3 is 1.88 bits per heavy atom. The fourth-order valence-corrected chi connectivity index (χ4v) is 2.13. The van der Waals surface area contributed by atoms with Crippen LogP contribution in [0.1, 0.15) is 78.1 Å². The Bertz CT molecular complexity index is 372. The van der Waals surface area contributed by atoms with Gasteiger partial charge in [-0.1, -0.05) is 69.8 Å². The van der Waals surface area contributed by atoms with Crippen molar-refractivity contribution < 1.29 is 19.1 Å². The summed E-state index contributed by atoms with van der Waals surface area (Å²) < 4.78 is 9.94. The Labute approximate surface area is 147 Å². The summed E-state index contributed by atoms with van der Waals surface area (Å²) in [5, 5.41) is 0. The van der Waals surface area contributed by atoms with E-state index in [-0.39, 0.29) is 38.0 Å². The first-order valence-electron chi connectivity index (χ1n) is 9.28. The van der Waals surface area contributed by atoms with Crippen molar-refractivity contribution in [3.8, 4) is 0 Å². The molecule has 0 aliphatic carbocycles. The Morgan fingerprint density at radius 2 is 1.29 bits per heavy atom. The van der Waals surface area contributed by atoms with Crippen LogP contribution in [0, 0.1) is 0 Å². The lowest BCUT2D eigenvalue weighted by atomic mass is 10.1. The summed E-state index contributed by atoms with van der Waals surface area (Å²) in [6, 6.07) is 0. The number of hydrogen-bond acceptors (Lipinski definition) is 4. The highest BCUT2D eigenvalue weighted by Gasteiger charge is 2.07. The molecule has 0 aromatic rings. The lowest BCUT2D eigenvalue weighted by molar-refractivity contribution is -0.149. The molecule has 0 aliphatic heterocycles. The monoisotopic (exact) mass is 338 g/mol. The van der Waals surface area contributed by atoms with E-state index in [4.69, 9.17) is 9.47 Å². The van der Waals surface area contributed by atoms with E-state index in [1.807, 2.05) is 13.0 Å². The van der Waals surface area contributed by atoms with Crippen LogP contribution in [0.25, 0.3) is 0 Å². The second-order valence-corrected chi connectivity index (χ2v) is 5.82. The van der Waals surface area contributed by atoms with Gasteiger partial charge in [-0.3, -0.25) is 9.59 Å². The van der Waals surface area contributed by atoms with Crippen molar-refractivity contribution >= 4 is 11.9 Å². The molecule has 0 saturated heterocycles. The van der Waals surface area contributed by atoms with Gasteiger partial charge in [0, 0.05) is 0 Å². The summed E-state index contributed by atoms with van der Waals surface area (Å²) in [5.74, 6) is -0.738. The number of allylic oxidation sites excluding steroid dienone is 2. The third-order valence-corrected chi connectivity index (χ3v) is 3.59. The van der Waals surface area contributed by atoms with E-state index in [1.54, 1.807) is 12.2 Å². The highest BCUT2D eigenvalue weighted by atomic mass is 16.5. The highest BCUT2D eigenvalue weighted by Crippen LogP contribution is 2.08. The van der Waals surface area contributed by atoms with Crippen LogP contribution in [-0.4, -0.2) is 25.2 Å². The van der Waals surface area contributed by atoms with Gasteiger partial charge in [-0.15, -0.1) is 0 Å². The van der Waals surface area contributed by atoms with E-state index in [1.165, 1.54) is 44.9 Å². The zero-order valence-electron chi connectivity index (χ0n) is 15.4. The SMILES string of the molecule is C/C=C/COC(=O)CCC(=O)OC/C=C/CCCCCCCCC. The Kier molecular flexibility index (Phi) is 16.6. The molecule has 0 aliphatic rings. The molecule has 0 fully saturated rings. The van der Waals surface area contributed by atoms with Gasteiger partial charge in [-0.25, -0.2) is 0 Å². The molecule has 0 N–H and O–H groups in total. The standard InChI is InChI=1S/C20H34O4/c1-3-5-7-8-9-10-11-12-13-14-18-24-20(22)16-15-19(21)23-17-6-4-2/h4,6,13-14H,3,5,7-12,15-18H2,1-2H3/b6-4+,14-13+. The molecule has 0 saturated carbocycles. The van der Waals surface area contributed by atoms with Crippen LogP contribution in [0.4, 0.5) is 0 Å². The van der Waals surface area contributed by atoms with Gasteiger partial charge in [0.15, 0.2) is 0 Å². The first-order chi connectivity index (χ1) is 11.7. The fourth-order valence-electron chi connectivity index (χ4n) is 2.13. The largest absolute Gasteiger partial charge is 0.461 e. The van der Waals surface area contributed by atoms with Crippen LogP contribution in [-0.2, 0) is 19.1 Å². The van der Waals surface area contributed by atoms with Crippen molar-refractivity contribution in [2.24, 2.45) is 0 Å². The predicted molar refractivity (Wildman–Crippen MR) is 97.7 cm³/mol. The minimum Gasteiger partial charge on any atom is -0.461 e. The van der Waals surface area contributed by atoms with Crippen molar-refractivity contribution in [2.45, 2.75) is 78.1 Å². The third kappa shape index (κ3) is 16.8. The summed E-state index contributed by atoms with van der Waals surface area (Å²) in [6.45, 7) is 4.62. The van der Waals surface area contributed by atoms with Crippen molar-refractivity contribution in [1.29, 1.82) is 0 Å². The Balaban J connectivity index is 3.42. The van der Waals surface area contributed by atoms with Gasteiger partial charge >= 0.3 is 11.9 Å². The summed E-state index contributed by atoms with van der Waals surface area (Å²) in [6.07, 6.45) is 17.7. The van der Waals surface area contributed by atoms with Crippen molar-refractivity contribution in [3.63, 3.8) is 0 Å². The molecule has 0 atom stereocenters. The molecule has 138 valence electrons. The quantitative estimate of drug-likeness (QED) is 0.236. The molecule has 0 spiro atoms. The number of carbonyl (C=O) groups excluding carboxylic acids is 2. The van der Waals surface area contributed by atoms with Crippen molar-refractivity contribution in [3.05, 3.63) is 24.3 Å². The van der Waals surface area contributed by atoms with E-state index >= 15 is 0 Å². The van der Waals surface area contributed by atoms with Crippen LogP contribution >= 0.6 is 0 Å². The predicted octanol–water partition coefficient (Wildman–Crippen LogP) is 5.13. The molecule has 0 bridgehead atoms. The first-order valence-corrected chi connectivity index (χ1v) is 9.28. The number of hydrogen-bond donors (Lipinski definition) is 0. The maximum atomic E-state index is 11.5. The molecule has 0 aromatic heterocycles. The number of rotatable bonds is 15. The lowest BCUT2D eigenvalue weighted by Crippen LogP contribution is -2.10. The Morgan fingerprint density at radius 1 is 0.750 bits per heavy atom. The van der Waals surface area contributed by atoms with Gasteiger partial charge in [-0.2, -0.15) is 0 Å². The molecule has 4 nitrogen and oxygen atoms in total. The molecule has 0 amide bonds. The van der Waals surface area contributed by atoms with E-state index in [9.17, 15) is 9.59 Å². The second kappa shape index (κ2) is 17.8. The summed E-state index contributed by atoms with van der Waals surface area (Å²) >= 11 is 0. The molecule has 0 rings (SSSR count). The van der Waals surface area contributed by atoms with Gasteiger partial charge < -0.3 is 9.47 Å². The van der Waals surface area contributed by atoms with Crippen LogP contribution in [0.3, 0.4) is 0 Å². The molecule has 0 unspecified atom stereocenters. The topological polar surface area (TPSA) is 52.6 Å². The molecule has 24 heavy (non-hydrogen) atoms. The first kappa shape index (κ1) is 22.4. The number of carbonyl (C=O) groups is 2. The van der Waals surface area contributed by atoms with Crippen LogP contribution < -0.4 is 0 Å². The molecular weight excluding hydrogens is 304 g/mol. The lowest BCUT2D eigenvalue weighted by Gasteiger charge is -2.02. The highest BCUT2D eigenvalue weighted by molar-refractivity contribution is 5.77. The maximum Gasteiger partial charge on any atom is 0.306 e. The summed E-state index contributed by atoms with van der Waals surface area (Å²) in [5.41, 5.74) is 0. The molecule has 0 heterocycles. The molecule has 0 aromatic carbocycles. The van der Waals surface area contributed by atoms with Crippen molar-refractivity contribution in [2.75, 3.05) is 13.2 Å². The average molecular weight is 338 g/mol. The molecular formula is C20H34O4.